The molecule has 0 bridgehead atoms. The lowest BCUT2D eigenvalue weighted by molar-refractivity contribution is -0.119. The first kappa shape index (κ1) is 17.0. The maximum atomic E-state index is 11.9. The Morgan fingerprint density at radius 3 is 2.80 bits per heavy atom. The van der Waals surface area contributed by atoms with E-state index in [2.05, 4.69) is 41.4 Å². The molecule has 130 valence electrons. The Bertz CT molecular complexity index is 866. The van der Waals surface area contributed by atoms with E-state index in [-0.39, 0.29) is 24.4 Å². The van der Waals surface area contributed by atoms with Crippen molar-refractivity contribution in [2.45, 2.75) is 32.7 Å². The summed E-state index contributed by atoms with van der Waals surface area (Å²) in [5.74, 6) is 0.359. The third-order valence-electron chi connectivity index (χ3n) is 3.85. The van der Waals surface area contributed by atoms with E-state index in [0.717, 1.165) is 16.8 Å². The number of fused-ring (bicyclic) bond motifs is 1. The molecular formula is C19H22N4O2. The molecule has 0 radical (unpaired) electrons. The number of carbonyl (C=O) groups excluding carboxylic acids is 1. The Labute approximate surface area is 146 Å². The summed E-state index contributed by atoms with van der Waals surface area (Å²) < 4.78 is 5.69. The molecule has 0 spiro atoms. The van der Waals surface area contributed by atoms with Gasteiger partial charge in [-0.1, -0.05) is 26.8 Å². The predicted molar refractivity (Wildman–Crippen MR) is 97.3 cm³/mol. The van der Waals surface area contributed by atoms with Crippen molar-refractivity contribution in [2.75, 3.05) is 11.9 Å². The minimum Gasteiger partial charge on any atom is -0.439 e. The fourth-order valence-corrected chi connectivity index (χ4v) is 2.40. The Kier molecular flexibility index (Phi) is 4.70. The SMILES string of the molecule is CC(C)(C)c1ccc2oc(CNC(=O)CNc3cccnc3)nc2c1. The second kappa shape index (κ2) is 6.93. The third kappa shape index (κ3) is 4.35. The van der Waals surface area contributed by atoms with Crippen LogP contribution >= 0.6 is 0 Å². The van der Waals surface area contributed by atoms with Crippen LogP contribution in [0.3, 0.4) is 0 Å². The van der Waals surface area contributed by atoms with Crippen molar-refractivity contribution in [3.63, 3.8) is 0 Å². The zero-order valence-electron chi connectivity index (χ0n) is 14.7. The minimum atomic E-state index is -0.138. The van der Waals surface area contributed by atoms with Crippen LogP contribution in [0.4, 0.5) is 5.69 Å². The Morgan fingerprint density at radius 1 is 1.24 bits per heavy atom. The second-order valence-corrected chi connectivity index (χ2v) is 6.91. The van der Waals surface area contributed by atoms with E-state index in [9.17, 15) is 4.79 Å². The van der Waals surface area contributed by atoms with Gasteiger partial charge in [0, 0.05) is 12.4 Å². The van der Waals surface area contributed by atoms with Gasteiger partial charge in [0.15, 0.2) is 5.58 Å². The molecule has 6 heteroatoms. The van der Waals surface area contributed by atoms with Crippen molar-refractivity contribution in [3.8, 4) is 0 Å². The van der Waals surface area contributed by atoms with Gasteiger partial charge in [0.25, 0.3) is 0 Å². The molecule has 2 heterocycles. The average Bonchev–Trinajstić information content (AvgIpc) is 3.00. The van der Waals surface area contributed by atoms with Gasteiger partial charge in [0.1, 0.15) is 5.52 Å². The molecule has 0 aliphatic rings. The molecule has 0 aliphatic heterocycles. The number of pyridine rings is 1. The summed E-state index contributed by atoms with van der Waals surface area (Å²) in [6, 6.07) is 9.68. The van der Waals surface area contributed by atoms with Crippen molar-refractivity contribution in [1.29, 1.82) is 0 Å². The van der Waals surface area contributed by atoms with E-state index in [1.807, 2.05) is 30.3 Å². The van der Waals surface area contributed by atoms with Gasteiger partial charge >= 0.3 is 0 Å². The van der Waals surface area contributed by atoms with Crippen LogP contribution in [0, 0.1) is 0 Å². The van der Waals surface area contributed by atoms with E-state index in [1.165, 1.54) is 5.56 Å². The van der Waals surface area contributed by atoms with Crippen molar-refractivity contribution < 1.29 is 9.21 Å². The predicted octanol–water partition coefficient (Wildman–Crippen LogP) is 3.25. The third-order valence-corrected chi connectivity index (χ3v) is 3.85. The summed E-state index contributed by atoms with van der Waals surface area (Å²) in [6.45, 7) is 6.90. The molecule has 0 atom stereocenters. The van der Waals surface area contributed by atoms with E-state index in [1.54, 1.807) is 12.4 Å². The second-order valence-electron chi connectivity index (χ2n) is 6.91. The molecule has 3 aromatic rings. The fourth-order valence-electron chi connectivity index (χ4n) is 2.40. The van der Waals surface area contributed by atoms with Gasteiger partial charge in [-0.3, -0.25) is 9.78 Å². The number of amides is 1. The zero-order valence-corrected chi connectivity index (χ0v) is 14.7. The standard InChI is InChI=1S/C19H22N4O2/c1-19(2,3)13-6-7-16-15(9-13)23-18(25-16)12-22-17(24)11-21-14-5-4-8-20-10-14/h4-10,21H,11-12H2,1-3H3,(H,22,24). The minimum absolute atomic E-state index is 0.0550. The number of benzene rings is 1. The number of nitrogens with one attached hydrogen (secondary N) is 2. The van der Waals surface area contributed by atoms with E-state index >= 15 is 0 Å². The van der Waals surface area contributed by atoms with Crippen LogP contribution in [0.2, 0.25) is 0 Å². The number of nitrogens with zero attached hydrogens (tertiary/aromatic N) is 2. The van der Waals surface area contributed by atoms with Crippen LogP contribution in [0.5, 0.6) is 0 Å². The maximum absolute atomic E-state index is 11.9. The smallest absolute Gasteiger partial charge is 0.239 e. The van der Waals surface area contributed by atoms with Gasteiger partial charge in [-0.05, 0) is 35.2 Å². The molecular weight excluding hydrogens is 316 g/mol. The van der Waals surface area contributed by atoms with Crippen LogP contribution < -0.4 is 10.6 Å². The van der Waals surface area contributed by atoms with Crippen LogP contribution in [-0.2, 0) is 16.8 Å². The Morgan fingerprint density at radius 2 is 2.08 bits per heavy atom. The van der Waals surface area contributed by atoms with Crippen LogP contribution in [0.15, 0.2) is 47.1 Å². The Balaban J connectivity index is 1.58. The highest BCUT2D eigenvalue weighted by Crippen LogP contribution is 2.26. The van der Waals surface area contributed by atoms with Crippen LogP contribution in [0.1, 0.15) is 32.2 Å². The summed E-state index contributed by atoms with van der Waals surface area (Å²) in [5.41, 5.74) is 3.59. The molecule has 0 saturated carbocycles. The molecule has 0 saturated heterocycles. The van der Waals surface area contributed by atoms with Gasteiger partial charge in [-0.15, -0.1) is 0 Å². The highest BCUT2D eigenvalue weighted by atomic mass is 16.3. The topological polar surface area (TPSA) is 80.0 Å². The van der Waals surface area contributed by atoms with Gasteiger partial charge < -0.3 is 15.1 Å². The maximum Gasteiger partial charge on any atom is 0.239 e. The molecule has 3 rings (SSSR count). The van der Waals surface area contributed by atoms with Gasteiger partial charge in [-0.25, -0.2) is 4.98 Å². The van der Waals surface area contributed by atoms with Gasteiger partial charge in [-0.2, -0.15) is 0 Å². The summed E-state index contributed by atoms with van der Waals surface area (Å²) in [7, 11) is 0. The number of rotatable bonds is 5. The summed E-state index contributed by atoms with van der Waals surface area (Å²) in [4.78, 5) is 20.4. The molecule has 0 aliphatic carbocycles. The number of aromatic nitrogens is 2. The molecule has 6 nitrogen and oxygen atoms in total. The number of oxazole rings is 1. The van der Waals surface area contributed by atoms with Crippen LogP contribution in [0.25, 0.3) is 11.1 Å². The summed E-state index contributed by atoms with van der Waals surface area (Å²) in [5, 5.41) is 5.80. The molecule has 1 amide bonds. The van der Waals surface area contributed by atoms with Crippen molar-refractivity contribution in [1.82, 2.24) is 15.3 Å². The summed E-state index contributed by atoms with van der Waals surface area (Å²) >= 11 is 0. The number of anilines is 1. The van der Waals surface area contributed by atoms with Gasteiger partial charge in [0.05, 0.1) is 18.8 Å². The fraction of sp³-hybridized carbons (Fsp3) is 0.316. The summed E-state index contributed by atoms with van der Waals surface area (Å²) in [6.07, 6.45) is 3.35. The number of hydrogen-bond donors (Lipinski definition) is 2. The molecule has 1 aromatic carbocycles. The molecule has 2 N–H and O–H groups in total. The molecule has 0 fully saturated rings. The van der Waals surface area contributed by atoms with E-state index < -0.39 is 0 Å². The Hall–Kier alpha value is -2.89. The van der Waals surface area contributed by atoms with Crippen molar-refractivity contribution in [3.05, 3.63) is 54.2 Å². The quantitative estimate of drug-likeness (QED) is 0.746. The lowest BCUT2D eigenvalue weighted by Crippen LogP contribution is -2.29. The van der Waals surface area contributed by atoms with E-state index in [0.29, 0.717) is 5.89 Å². The lowest BCUT2D eigenvalue weighted by Gasteiger charge is -2.18. The molecule has 2 aromatic heterocycles. The first-order valence-electron chi connectivity index (χ1n) is 8.22. The number of carbonyl (C=O) groups is 1. The highest BCUT2D eigenvalue weighted by molar-refractivity contribution is 5.80. The molecule has 0 unspecified atom stereocenters. The first-order chi connectivity index (χ1) is 11.9. The first-order valence-corrected chi connectivity index (χ1v) is 8.22. The normalized spacial score (nSPS) is 11.5. The largest absolute Gasteiger partial charge is 0.439 e. The molecule has 25 heavy (non-hydrogen) atoms. The zero-order chi connectivity index (χ0) is 17.9. The van der Waals surface area contributed by atoms with Gasteiger partial charge in [0.2, 0.25) is 11.8 Å². The average molecular weight is 338 g/mol. The van der Waals surface area contributed by atoms with Crippen LogP contribution in [-0.4, -0.2) is 22.4 Å². The van der Waals surface area contributed by atoms with E-state index in [4.69, 9.17) is 4.42 Å². The van der Waals surface area contributed by atoms with Crippen molar-refractivity contribution >= 4 is 22.7 Å². The lowest BCUT2D eigenvalue weighted by atomic mass is 9.87. The van der Waals surface area contributed by atoms with Crippen molar-refractivity contribution in [2.24, 2.45) is 0 Å². The number of hydrogen-bond acceptors (Lipinski definition) is 5. The highest BCUT2D eigenvalue weighted by Gasteiger charge is 2.16. The monoisotopic (exact) mass is 338 g/mol.